The van der Waals surface area contributed by atoms with Crippen LogP contribution in [0.5, 0.6) is 0 Å². The van der Waals surface area contributed by atoms with Crippen LogP contribution in [0.4, 0.5) is 0 Å². The minimum atomic E-state index is -3.77. The van der Waals surface area contributed by atoms with E-state index in [2.05, 4.69) is 5.10 Å². The number of nitrogens with zero attached hydrogens (tertiary/aromatic N) is 2. The van der Waals surface area contributed by atoms with Gasteiger partial charge in [-0.25, -0.2) is 13.1 Å². The summed E-state index contributed by atoms with van der Waals surface area (Å²) in [7, 11) is -2.13. The molecule has 0 bridgehead atoms. The first-order valence-electron chi connectivity index (χ1n) is 4.58. The van der Waals surface area contributed by atoms with Gasteiger partial charge in [0.05, 0.1) is 11.8 Å². The summed E-state index contributed by atoms with van der Waals surface area (Å²) in [5.74, 6) is -0.688. The Balaban J connectivity index is 2.20. The Labute approximate surface area is 102 Å². The Hall–Kier alpha value is -1.67. The predicted molar refractivity (Wildman–Crippen MR) is 62.2 cm³/mol. The molecule has 0 radical (unpaired) electrons. The van der Waals surface area contributed by atoms with E-state index in [1.54, 1.807) is 18.5 Å². The van der Waals surface area contributed by atoms with Crippen LogP contribution in [0, 0.1) is 0 Å². The van der Waals surface area contributed by atoms with E-state index in [0.29, 0.717) is 0 Å². The van der Waals surface area contributed by atoms with Gasteiger partial charge < -0.3 is 0 Å². The molecular formula is C9H9N3O3S2. The number of carbonyl (C=O) groups excluding carboxylic acids is 1. The summed E-state index contributed by atoms with van der Waals surface area (Å²) < 4.78 is 27.0. The summed E-state index contributed by atoms with van der Waals surface area (Å²) in [6.07, 6.45) is 2.75. The lowest BCUT2D eigenvalue weighted by molar-refractivity contribution is 0.0981. The number of rotatable bonds is 3. The molecule has 1 amide bonds. The number of carbonyl (C=O) groups is 1. The Bertz CT molecular complexity index is 628. The monoisotopic (exact) mass is 271 g/mol. The molecule has 8 heteroatoms. The van der Waals surface area contributed by atoms with E-state index in [9.17, 15) is 13.2 Å². The second-order valence-corrected chi connectivity index (χ2v) is 6.13. The standard InChI is InChI=1S/C9H9N3O3S2/c1-12-6-7(5-10-12)9(13)11-17(14,15)8-3-2-4-16-8/h2-6H,1H3,(H,11,13). The third kappa shape index (κ3) is 2.53. The second-order valence-electron chi connectivity index (χ2n) is 3.27. The Morgan fingerprint density at radius 2 is 2.29 bits per heavy atom. The number of nitrogens with one attached hydrogen (secondary N) is 1. The highest BCUT2D eigenvalue weighted by atomic mass is 32.2. The average Bonchev–Trinajstić information content (AvgIpc) is 2.86. The lowest BCUT2D eigenvalue weighted by Gasteiger charge is -2.02. The van der Waals surface area contributed by atoms with Crippen molar-refractivity contribution in [1.29, 1.82) is 0 Å². The molecule has 90 valence electrons. The smallest absolute Gasteiger partial charge is 0.273 e. The Morgan fingerprint density at radius 3 is 2.82 bits per heavy atom. The first-order chi connectivity index (χ1) is 7.99. The summed E-state index contributed by atoms with van der Waals surface area (Å²) in [4.78, 5) is 11.6. The molecule has 2 rings (SSSR count). The van der Waals surface area contributed by atoms with Gasteiger partial charge >= 0.3 is 0 Å². The zero-order valence-electron chi connectivity index (χ0n) is 8.82. The molecule has 17 heavy (non-hydrogen) atoms. The summed E-state index contributed by atoms with van der Waals surface area (Å²) in [6, 6.07) is 3.04. The van der Waals surface area contributed by atoms with Gasteiger partial charge in [-0.05, 0) is 11.4 Å². The van der Waals surface area contributed by atoms with Gasteiger partial charge in [-0.15, -0.1) is 11.3 Å². The molecule has 0 aliphatic carbocycles. The van der Waals surface area contributed by atoms with Crippen LogP contribution >= 0.6 is 11.3 Å². The van der Waals surface area contributed by atoms with E-state index in [1.807, 2.05) is 4.72 Å². The summed E-state index contributed by atoms with van der Waals surface area (Å²) in [5, 5.41) is 5.42. The fourth-order valence-corrected chi connectivity index (χ4v) is 3.15. The van der Waals surface area contributed by atoms with E-state index in [-0.39, 0.29) is 9.77 Å². The molecule has 0 spiro atoms. The number of thiophene rings is 1. The van der Waals surface area contributed by atoms with Crippen molar-refractivity contribution in [3.05, 3.63) is 35.5 Å². The van der Waals surface area contributed by atoms with Crippen molar-refractivity contribution in [1.82, 2.24) is 14.5 Å². The second kappa shape index (κ2) is 4.30. The van der Waals surface area contributed by atoms with Gasteiger partial charge in [0.2, 0.25) is 0 Å². The fraction of sp³-hybridized carbons (Fsp3) is 0.111. The first-order valence-corrected chi connectivity index (χ1v) is 6.94. The van der Waals surface area contributed by atoms with Crippen LogP contribution in [-0.4, -0.2) is 24.1 Å². The molecule has 2 heterocycles. The van der Waals surface area contributed by atoms with Crippen LogP contribution in [0.15, 0.2) is 34.1 Å². The van der Waals surface area contributed by atoms with E-state index in [1.165, 1.54) is 23.1 Å². The highest BCUT2D eigenvalue weighted by Crippen LogP contribution is 2.15. The maximum Gasteiger partial charge on any atom is 0.273 e. The van der Waals surface area contributed by atoms with Crippen molar-refractivity contribution in [3.63, 3.8) is 0 Å². The molecule has 2 aromatic heterocycles. The lowest BCUT2D eigenvalue weighted by atomic mass is 10.4. The van der Waals surface area contributed by atoms with Crippen LogP contribution in [0.25, 0.3) is 0 Å². The molecule has 2 aromatic rings. The summed E-state index contributed by atoms with van der Waals surface area (Å²) >= 11 is 1.05. The quantitative estimate of drug-likeness (QED) is 0.886. The SMILES string of the molecule is Cn1cc(C(=O)NS(=O)(=O)c2cccs2)cn1. The van der Waals surface area contributed by atoms with Crippen LogP contribution in [0.2, 0.25) is 0 Å². The van der Waals surface area contributed by atoms with E-state index in [4.69, 9.17) is 0 Å². The van der Waals surface area contributed by atoms with Crippen LogP contribution in [-0.2, 0) is 17.1 Å². The molecule has 0 atom stereocenters. The molecule has 0 aliphatic rings. The number of aromatic nitrogens is 2. The van der Waals surface area contributed by atoms with Crippen molar-refractivity contribution in [2.45, 2.75) is 4.21 Å². The van der Waals surface area contributed by atoms with Gasteiger partial charge in [0, 0.05) is 13.2 Å². The Kier molecular flexibility index (Phi) is 2.99. The third-order valence-electron chi connectivity index (χ3n) is 1.95. The van der Waals surface area contributed by atoms with Crippen molar-refractivity contribution in [2.75, 3.05) is 0 Å². The molecule has 0 aliphatic heterocycles. The highest BCUT2D eigenvalue weighted by molar-refractivity contribution is 7.92. The first kappa shape index (κ1) is 11.8. The maximum atomic E-state index is 11.7. The average molecular weight is 271 g/mol. The van der Waals surface area contributed by atoms with Crippen LogP contribution in [0.1, 0.15) is 10.4 Å². The molecule has 0 unspecified atom stereocenters. The number of sulfonamides is 1. The number of hydrogen-bond donors (Lipinski definition) is 1. The van der Waals surface area contributed by atoms with E-state index >= 15 is 0 Å². The molecule has 0 aromatic carbocycles. The minimum absolute atomic E-state index is 0.106. The van der Waals surface area contributed by atoms with Gasteiger partial charge in [-0.1, -0.05) is 6.07 Å². The van der Waals surface area contributed by atoms with E-state index < -0.39 is 15.9 Å². The normalized spacial score (nSPS) is 11.4. The van der Waals surface area contributed by atoms with Crippen molar-refractivity contribution >= 4 is 27.3 Å². The number of aryl methyl sites for hydroxylation is 1. The lowest BCUT2D eigenvalue weighted by Crippen LogP contribution is -2.29. The van der Waals surface area contributed by atoms with Gasteiger partial charge in [0.25, 0.3) is 15.9 Å². The number of hydrogen-bond acceptors (Lipinski definition) is 5. The van der Waals surface area contributed by atoms with Crippen LogP contribution < -0.4 is 4.72 Å². The molecule has 0 saturated heterocycles. The van der Waals surface area contributed by atoms with Gasteiger partial charge in [-0.2, -0.15) is 5.10 Å². The molecular weight excluding hydrogens is 262 g/mol. The summed E-state index contributed by atoms with van der Waals surface area (Å²) in [6.45, 7) is 0. The van der Waals surface area contributed by atoms with Gasteiger partial charge in [0.1, 0.15) is 4.21 Å². The highest BCUT2D eigenvalue weighted by Gasteiger charge is 2.20. The maximum absolute atomic E-state index is 11.7. The largest absolute Gasteiger partial charge is 0.275 e. The summed E-state index contributed by atoms with van der Waals surface area (Å²) in [5.41, 5.74) is 0.202. The van der Waals surface area contributed by atoms with Crippen LogP contribution in [0.3, 0.4) is 0 Å². The third-order valence-corrected chi connectivity index (χ3v) is 4.68. The zero-order valence-corrected chi connectivity index (χ0v) is 10.5. The van der Waals surface area contributed by atoms with E-state index in [0.717, 1.165) is 11.3 Å². The van der Waals surface area contributed by atoms with Gasteiger partial charge in [0.15, 0.2) is 0 Å². The molecule has 0 saturated carbocycles. The topological polar surface area (TPSA) is 81.1 Å². The zero-order chi connectivity index (χ0) is 12.5. The predicted octanol–water partition coefficient (Wildman–Crippen LogP) is 0.600. The molecule has 6 nitrogen and oxygen atoms in total. The fourth-order valence-electron chi connectivity index (χ4n) is 1.19. The van der Waals surface area contributed by atoms with Crippen molar-refractivity contribution < 1.29 is 13.2 Å². The van der Waals surface area contributed by atoms with Gasteiger partial charge in [-0.3, -0.25) is 9.48 Å². The van der Waals surface area contributed by atoms with Crippen molar-refractivity contribution in [3.8, 4) is 0 Å². The number of amides is 1. The molecule has 1 N–H and O–H groups in total. The molecule has 0 fully saturated rings. The Morgan fingerprint density at radius 1 is 1.53 bits per heavy atom. The minimum Gasteiger partial charge on any atom is -0.275 e. The van der Waals surface area contributed by atoms with Crippen molar-refractivity contribution in [2.24, 2.45) is 7.05 Å².